The minimum absolute atomic E-state index is 0.0284. The maximum atomic E-state index is 12.4. The van der Waals surface area contributed by atoms with Crippen LogP contribution in [-0.4, -0.2) is 30.4 Å². The van der Waals surface area contributed by atoms with E-state index in [9.17, 15) is 18.5 Å². The molecule has 1 aromatic heterocycles. The number of fused-ring (bicyclic) bond motifs is 1. The normalized spacial score (nSPS) is 12.5. The fraction of sp³-hybridized carbons (Fsp3) is 0.308. The molecule has 0 bridgehead atoms. The van der Waals surface area contributed by atoms with Gasteiger partial charge in [0.15, 0.2) is 0 Å². The van der Waals surface area contributed by atoms with Crippen LogP contribution in [0.15, 0.2) is 35.4 Å². The second kappa shape index (κ2) is 5.59. The maximum absolute atomic E-state index is 12.4. The van der Waals surface area contributed by atoms with E-state index < -0.39 is 20.5 Å². The van der Waals surface area contributed by atoms with Gasteiger partial charge in [0.05, 0.1) is 15.8 Å². The first-order valence-corrected chi connectivity index (χ1v) is 7.91. The van der Waals surface area contributed by atoms with Crippen LogP contribution in [0.3, 0.4) is 0 Å². The highest BCUT2D eigenvalue weighted by Gasteiger charge is 2.24. The molecule has 9 heteroatoms. The number of hydrogen-bond acceptors (Lipinski definition) is 6. The van der Waals surface area contributed by atoms with Crippen LogP contribution in [0.2, 0.25) is 0 Å². The number of non-ortho nitro benzene ring substituents is 1. The molecule has 0 saturated heterocycles. The van der Waals surface area contributed by atoms with Crippen molar-refractivity contribution in [3.8, 4) is 0 Å². The summed E-state index contributed by atoms with van der Waals surface area (Å²) in [6, 6.07) is 5.32. The lowest BCUT2D eigenvalue weighted by molar-refractivity contribution is -0.383. The Labute approximate surface area is 127 Å². The standard InChI is InChI=1S/C13H16N4O4S/c1-13(2,14)8-16-22(20,21)11-6-5-10(17(18)19)9-4-3-7-15-12(9)11/h3-7,16H,8,14H2,1-2H3. The molecule has 2 aromatic rings. The molecule has 3 N–H and O–H groups in total. The molecule has 0 aliphatic rings. The van der Waals surface area contributed by atoms with E-state index in [0.717, 1.165) is 6.07 Å². The lowest BCUT2D eigenvalue weighted by atomic mass is 10.1. The Morgan fingerprint density at radius 3 is 2.64 bits per heavy atom. The van der Waals surface area contributed by atoms with Crippen molar-refractivity contribution in [2.24, 2.45) is 5.73 Å². The Balaban J connectivity index is 2.57. The van der Waals surface area contributed by atoms with Gasteiger partial charge in [-0.15, -0.1) is 0 Å². The number of aromatic nitrogens is 1. The summed E-state index contributed by atoms with van der Waals surface area (Å²) in [6.45, 7) is 3.39. The predicted molar refractivity (Wildman–Crippen MR) is 81.9 cm³/mol. The van der Waals surface area contributed by atoms with Crippen LogP contribution in [0.5, 0.6) is 0 Å². The Hall–Kier alpha value is -2.10. The van der Waals surface area contributed by atoms with E-state index in [-0.39, 0.29) is 28.0 Å². The SMILES string of the molecule is CC(C)(N)CNS(=O)(=O)c1ccc([N+](=O)[O-])c2cccnc12. The van der Waals surface area contributed by atoms with E-state index in [4.69, 9.17) is 5.73 Å². The fourth-order valence-electron chi connectivity index (χ4n) is 1.87. The van der Waals surface area contributed by atoms with Gasteiger partial charge >= 0.3 is 0 Å². The third-order valence-corrected chi connectivity index (χ3v) is 4.35. The van der Waals surface area contributed by atoms with Crippen molar-refractivity contribution in [2.45, 2.75) is 24.3 Å². The molecule has 0 aliphatic heterocycles. The van der Waals surface area contributed by atoms with Gasteiger partial charge in [-0.3, -0.25) is 15.1 Å². The highest BCUT2D eigenvalue weighted by molar-refractivity contribution is 7.89. The van der Waals surface area contributed by atoms with Gasteiger partial charge in [0.1, 0.15) is 4.90 Å². The highest BCUT2D eigenvalue weighted by atomic mass is 32.2. The Morgan fingerprint density at radius 2 is 2.05 bits per heavy atom. The molecule has 0 aliphatic carbocycles. The summed E-state index contributed by atoms with van der Waals surface area (Å²) in [5.41, 5.74) is 4.90. The molecule has 22 heavy (non-hydrogen) atoms. The number of hydrogen-bond donors (Lipinski definition) is 2. The lowest BCUT2D eigenvalue weighted by Gasteiger charge is -2.19. The summed E-state index contributed by atoms with van der Waals surface area (Å²) in [6.07, 6.45) is 1.39. The van der Waals surface area contributed by atoms with Crippen molar-refractivity contribution < 1.29 is 13.3 Å². The average Bonchev–Trinajstić information content (AvgIpc) is 2.43. The molecule has 8 nitrogen and oxygen atoms in total. The zero-order valence-electron chi connectivity index (χ0n) is 12.1. The number of nitrogens with one attached hydrogen (secondary N) is 1. The molecule has 0 spiro atoms. The molecule has 1 aromatic carbocycles. The van der Waals surface area contributed by atoms with Gasteiger partial charge < -0.3 is 5.73 Å². The van der Waals surface area contributed by atoms with Crippen molar-refractivity contribution in [2.75, 3.05) is 6.54 Å². The lowest BCUT2D eigenvalue weighted by Crippen LogP contribution is -2.45. The van der Waals surface area contributed by atoms with Crippen molar-refractivity contribution in [1.82, 2.24) is 9.71 Å². The smallest absolute Gasteiger partial charge is 0.278 e. The molecule has 0 atom stereocenters. The van der Waals surface area contributed by atoms with Gasteiger partial charge in [-0.05, 0) is 32.0 Å². The van der Waals surface area contributed by atoms with E-state index in [0.29, 0.717) is 0 Å². The summed E-state index contributed by atoms with van der Waals surface area (Å²) in [5.74, 6) is 0. The van der Waals surface area contributed by atoms with Crippen LogP contribution in [0.4, 0.5) is 5.69 Å². The molecule has 1 heterocycles. The molecule has 0 unspecified atom stereocenters. The number of pyridine rings is 1. The summed E-state index contributed by atoms with van der Waals surface area (Å²) in [7, 11) is -3.88. The summed E-state index contributed by atoms with van der Waals surface area (Å²) in [4.78, 5) is 14.3. The summed E-state index contributed by atoms with van der Waals surface area (Å²) in [5, 5.41) is 11.2. The van der Waals surface area contributed by atoms with Crippen LogP contribution in [0.1, 0.15) is 13.8 Å². The Bertz CT molecular complexity index is 828. The third-order valence-electron chi connectivity index (χ3n) is 2.91. The Morgan fingerprint density at radius 1 is 1.36 bits per heavy atom. The van der Waals surface area contributed by atoms with Crippen molar-refractivity contribution in [1.29, 1.82) is 0 Å². The van der Waals surface area contributed by atoms with Crippen molar-refractivity contribution >= 4 is 26.6 Å². The van der Waals surface area contributed by atoms with Gasteiger partial charge in [0.2, 0.25) is 10.0 Å². The number of nitrogens with two attached hydrogens (primary N) is 1. The summed E-state index contributed by atoms with van der Waals surface area (Å²) >= 11 is 0. The third kappa shape index (κ3) is 3.38. The van der Waals surface area contributed by atoms with Gasteiger partial charge in [0, 0.05) is 24.3 Å². The molecule has 0 saturated carbocycles. The van der Waals surface area contributed by atoms with Crippen LogP contribution in [-0.2, 0) is 10.0 Å². The molecule has 0 fully saturated rings. The maximum Gasteiger partial charge on any atom is 0.278 e. The molecule has 0 radical (unpaired) electrons. The van der Waals surface area contributed by atoms with E-state index in [2.05, 4.69) is 9.71 Å². The first-order valence-electron chi connectivity index (χ1n) is 6.42. The zero-order chi connectivity index (χ0) is 16.5. The first kappa shape index (κ1) is 16.3. The van der Waals surface area contributed by atoms with Gasteiger partial charge in [-0.25, -0.2) is 13.1 Å². The van der Waals surface area contributed by atoms with Gasteiger partial charge in [-0.2, -0.15) is 0 Å². The van der Waals surface area contributed by atoms with Gasteiger partial charge in [0.25, 0.3) is 5.69 Å². The van der Waals surface area contributed by atoms with E-state index in [1.54, 1.807) is 13.8 Å². The second-order valence-electron chi connectivity index (χ2n) is 5.55. The van der Waals surface area contributed by atoms with Crippen LogP contribution in [0.25, 0.3) is 10.9 Å². The monoisotopic (exact) mass is 324 g/mol. The summed E-state index contributed by atoms with van der Waals surface area (Å²) < 4.78 is 27.2. The van der Waals surface area contributed by atoms with Crippen molar-refractivity contribution in [3.05, 3.63) is 40.6 Å². The second-order valence-corrected chi connectivity index (χ2v) is 7.29. The number of benzene rings is 1. The topological polar surface area (TPSA) is 128 Å². The average molecular weight is 324 g/mol. The molecular formula is C13H16N4O4S. The number of rotatable bonds is 5. The van der Waals surface area contributed by atoms with E-state index in [1.165, 1.54) is 24.4 Å². The number of sulfonamides is 1. The van der Waals surface area contributed by atoms with E-state index in [1.807, 2.05) is 0 Å². The number of nitro benzene ring substituents is 1. The van der Waals surface area contributed by atoms with Crippen LogP contribution >= 0.6 is 0 Å². The minimum atomic E-state index is -3.88. The molecular weight excluding hydrogens is 308 g/mol. The zero-order valence-corrected chi connectivity index (χ0v) is 12.9. The molecule has 118 valence electrons. The number of nitro groups is 1. The predicted octanol–water partition coefficient (Wildman–Crippen LogP) is 1.16. The van der Waals surface area contributed by atoms with Crippen LogP contribution < -0.4 is 10.5 Å². The largest absolute Gasteiger partial charge is 0.324 e. The van der Waals surface area contributed by atoms with E-state index >= 15 is 0 Å². The minimum Gasteiger partial charge on any atom is -0.324 e. The number of nitrogens with zero attached hydrogens (tertiary/aromatic N) is 2. The Kier molecular flexibility index (Phi) is 4.14. The quantitative estimate of drug-likeness (QED) is 0.627. The molecule has 2 rings (SSSR count). The van der Waals surface area contributed by atoms with Crippen LogP contribution in [0, 0.1) is 10.1 Å². The fourth-order valence-corrected chi connectivity index (χ4v) is 3.25. The highest BCUT2D eigenvalue weighted by Crippen LogP contribution is 2.29. The van der Waals surface area contributed by atoms with Crippen molar-refractivity contribution in [3.63, 3.8) is 0 Å². The molecule has 0 amide bonds. The first-order chi connectivity index (χ1) is 10.1. The van der Waals surface area contributed by atoms with Gasteiger partial charge in [-0.1, -0.05) is 0 Å².